The molecule has 5 rings (SSSR count). The number of rotatable bonds is 7. The molecule has 3 aromatic carbocycles. The molecule has 2 aliphatic heterocycles. The second kappa shape index (κ2) is 14.0. The Kier molecular flexibility index (Phi) is 10.5. The van der Waals surface area contributed by atoms with E-state index in [0.717, 1.165) is 16.7 Å². The van der Waals surface area contributed by atoms with E-state index >= 15 is 0 Å². The van der Waals surface area contributed by atoms with Gasteiger partial charge in [-0.15, -0.1) is 0 Å². The molecular formula is C35H39Cl2F3N4O3. The first kappa shape index (κ1) is 35.0. The van der Waals surface area contributed by atoms with Crippen LogP contribution in [0, 0.1) is 0 Å². The second-order valence-corrected chi connectivity index (χ2v) is 13.7. The highest BCUT2D eigenvalue weighted by molar-refractivity contribution is 6.30. The highest BCUT2D eigenvalue weighted by atomic mass is 35.5. The zero-order chi connectivity index (χ0) is 34.1. The van der Waals surface area contributed by atoms with Crippen LogP contribution in [0.15, 0.2) is 71.7 Å². The van der Waals surface area contributed by atoms with Gasteiger partial charge >= 0.3 is 12.2 Å². The van der Waals surface area contributed by atoms with E-state index in [4.69, 9.17) is 32.9 Å². The molecule has 3 aromatic rings. The minimum absolute atomic E-state index is 0.158. The smallest absolute Gasteiger partial charge is 0.415 e. The Labute approximate surface area is 283 Å². The summed E-state index contributed by atoms with van der Waals surface area (Å²) in [5.74, 6) is 1.02. The van der Waals surface area contributed by atoms with E-state index in [2.05, 4.69) is 20.8 Å². The summed E-state index contributed by atoms with van der Waals surface area (Å²) in [6.45, 7) is 8.78. The van der Waals surface area contributed by atoms with Crippen molar-refractivity contribution in [2.45, 2.75) is 57.5 Å². The van der Waals surface area contributed by atoms with Crippen LogP contribution < -0.4 is 4.74 Å². The second-order valence-electron chi connectivity index (χ2n) is 12.8. The van der Waals surface area contributed by atoms with E-state index in [1.807, 2.05) is 49.4 Å². The van der Waals surface area contributed by atoms with E-state index in [1.54, 1.807) is 34.1 Å². The number of benzene rings is 3. The van der Waals surface area contributed by atoms with E-state index in [9.17, 15) is 23.1 Å². The molecule has 12 heteroatoms. The number of amides is 2. The molecule has 0 spiro atoms. The van der Waals surface area contributed by atoms with Gasteiger partial charge in [-0.25, -0.2) is 4.79 Å². The van der Waals surface area contributed by atoms with Crippen molar-refractivity contribution in [1.29, 1.82) is 0 Å². The highest BCUT2D eigenvalue weighted by Crippen LogP contribution is 2.46. The predicted octanol–water partition coefficient (Wildman–Crippen LogP) is 7.90. The summed E-state index contributed by atoms with van der Waals surface area (Å²) in [6, 6.07) is 19.1. The molecule has 252 valence electrons. The molecule has 1 fully saturated rings. The Morgan fingerprint density at radius 3 is 2.04 bits per heavy atom. The molecule has 0 aromatic heterocycles. The lowest BCUT2D eigenvalue weighted by Crippen LogP contribution is -2.55. The van der Waals surface area contributed by atoms with Crippen LogP contribution in [0.2, 0.25) is 10.0 Å². The third kappa shape index (κ3) is 7.88. The first-order valence-electron chi connectivity index (χ1n) is 15.6. The van der Waals surface area contributed by atoms with Crippen molar-refractivity contribution in [2.24, 2.45) is 4.99 Å². The molecular weight excluding hydrogens is 652 g/mol. The van der Waals surface area contributed by atoms with Crippen LogP contribution in [0.3, 0.4) is 0 Å². The average Bonchev–Trinajstić information content (AvgIpc) is 3.41. The number of carbonyl (C=O) groups is 1. The Balaban J connectivity index is 1.59. The third-order valence-electron chi connectivity index (χ3n) is 8.54. The maximum absolute atomic E-state index is 14.7. The van der Waals surface area contributed by atoms with Gasteiger partial charge in [-0.05, 0) is 65.4 Å². The van der Waals surface area contributed by atoms with Gasteiger partial charge in [0, 0.05) is 42.8 Å². The van der Waals surface area contributed by atoms with Gasteiger partial charge in [0.25, 0.3) is 0 Å². The first-order valence-corrected chi connectivity index (χ1v) is 16.3. The number of nitrogens with zero attached hydrogens (tertiary/aromatic N) is 4. The lowest BCUT2D eigenvalue weighted by atomic mass is 9.86. The van der Waals surface area contributed by atoms with Crippen LogP contribution in [0.25, 0.3) is 0 Å². The van der Waals surface area contributed by atoms with E-state index in [1.165, 1.54) is 4.90 Å². The number of alkyl halides is 3. The van der Waals surface area contributed by atoms with Crippen molar-refractivity contribution in [1.82, 2.24) is 14.7 Å². The lowest BCUT2D eigenvalue weighted by molar-refractivity contribution is -0.208. The van der Waals surface area contributed by atoms with Gasteiger partial charge in [0.05, 0.1) is 18.2 Å². The van der Waals surface area contributed by atoms with Gasteiger partial charge in [0.1, 0.15) is 17.6 Å². The fourth-order valence-electron chi connectivity index (χ4n) is 5.93. The molecule has 0 aliphatic carbocycles. The van der Waals surface area contributed by atoms with Gasteiger partial charge in [-0.3, -0.25) is 14.8 Å². The molecule has 2 amide bonds. The number of ether oxygens (including phenoxy) is 1. The van der Waals surface area contributed by atoms with Gasteiger partial charge in [0.2, 0.25) is 0 Å². The van der Waals surface area contributed by atoms with Gasteiger partial charge in [-0.2, -0.15) is 13.2 Å². The highest BCUT2D eigenvalue weighted by Gasteiger charge is 2.45. The van der Waals surface area contributed by atoms with Crippen LogP contribution >= 0.6 is 23.2 Å². The van der Waals surface area contributed by atoms with E-state index in [-0.39, 0.29) is 37.6 Å². The fourth-order valence-corrected chi connectivity index (χ4v) is 6.18. The molecule has 1 N–H and O–H groups in total. The van der Waals surface area contributed by atoms with Crippen LogP contribution in [0.1, 0.15) is 62.0 Å². The van der Waals surface area contributed by atoms with Gasteiger partial charge in [-0.1, -0.05) is 74.3 Å². The largest absolute Gasteiger partial charge is 0.493 e. The molecule has 7 nitrogen and oxygen atoms in total. The summed E-state index contributed by atoms with van der Waals surface area (Å²) in [5, 5.41) is 10.7. The normalized spacial score (nSPS) is 19.9. The van der Waals surface area contributed by atoms with Crippen molar-refractivity contribution < 1.29 is 27.8 Å². The molecule has 3 atom stereocenters. The number of urea groups is 1. The monoisotopic (exact) mass is 690 g/mol. The molecule has 1 unspecified atom stereocenters. The fraction of sp³-hybridized carbons (Fsp3) is 0.429. The van der Waals surface area contributed by atoms with Crippen LogP contribution in [-0.2, 0) is 5.41 Å². The minimum atomic E-state index is -4.71. The number of hydrogen-bond donors (Lipinski definition) is 1. The van der Waals surface area contributed by atoms with Crippen molar-refractivity contribution in [3.63, 3.8) is 0 Å². The zero-order valence-corrected chi connectivity index (χ0v) is 28.3. The topological polar surface area (TPSA) is 68.6 Å². The van der Waals surface area contributed by atoms with Crippen molar-refractivity contribution in [2.75, 3.05) is 39.3 Å². The van der Waals surface area contributed by atoms with Crippen molar-refractivity contribution in [3.05, 3.63) is 99.0 Å². The maximum atomic E-state index is 14.7. The lowest BCUT2D eigenvalue weighted by Gasteiger charge is -2.39. The Hall–Kier alpha value is -3.31. The summed E-state index contributed by atoms with van der Waals surface area (Å²) in [7, 11) is 0. The number of aliphatic hydroxyl groups excluding tert-OH is 1. The Morgan fingerprint density at radius 2 is 1.51 bits per heavy atom. The summed E-state index contributed by atoms with van der Waals surface area (Å²) in [6.07, 6.45) is -7.17. The number of aliphatic hydroxyl groups is 1. The number of hydrogen-bond acceptors (Lipinski definition) is 5. The molecule has 0 saturated carbocycles. The first-order chi connectivity index (χ1) is 22.2. The van der Waals surface area contributed by atoms with E-state index < -0.39 is 30.9 Å². The predicted molar refractivity (Wildman–Crippen MR) is 179 cm³/mol. The summed E-state index contributed by atoms with van der Waals surface area (Å²) in [5.41, 5.74) is 3.20. The number of aliphatic imine (C=N–C) groups is 1. The average molecular weight is 692 g/mol. The quantitative estimate of drug-likeness (QED) is 0.274. The standard InChI is InChI=1S/C35H39Cl2F3N4O3/c1-5-47-28-20-24(34(2,3)4)10-15-27(28)32-41-30(22-6-11-25(36)12-7-22)31(23-8-13-26(37)14-9-23)44(32)33(46)43-18-16-42(17-19-43)21-29(45)35(38,39)40/h6-15,20,29-31,45H,5,16-19,21H2,1-4H3/t29?,30-,31+/m0/s1. The van der Waals surface area contributed by atoms with Gasteiger partial charge in [0.15, 0.2) is 6.10 Å². The summed E-state index contributed by atoms with van der Waals surface area (Å²) < 4.78 is 45.3. The van der Waals surface area contributed by atoms with Crippen molar-refractivity contribution >= 4 is 35.1 Å². The Bertz CT molecular complexity index is 1590. The number of β-amino-alcohol motifs (C(OH)–C–C–N with tert-alkyl or cyclic N) is 1. The van der Waals surface area contributed by atoms with Crippen LogP contribution in [0.5, 0.6) is 5.75 Å². The van der Waals surface area contributed by atoms with Crippen LogP contribution in [0.4, 0.5) is 18.0 Å². The Morgan fingerprint density at radius 1 is 0.936 bits per heavy atom. The zero-order valence-electron chi connectivity index (χ0n) is 26.8. The van der Waals surface area contributed by atoms with Gasteiger partial charge < -0.3 is 14.7 Å². The minimum Gasteiger partial charge on any atom is -0.493 e. The molecule has 1 saturated heterocycles. The number of amidine groups is 1. The number of piperazine rings is 1. The molecule has 0 radical (unpaired) electrons. The SMILES string of the molecule is CCOc1cc(C(C)(C)C)ccc1C1=N[C@@H](c2ccc(Cl)cc2)[C@@H](c2ccc(Cl)cc2)N1C(=O)N1CCN(CC(O)C(F)(F)F)CC1. The third-order valence-corrected chi connectivity index (χ3v) is 9.04. The number of carbonyl (C=O) groups excluding carboxylic acids is 1. The molecule has 2 aliphatic rings. The maximum Gasteiger partial charge on any atom is 0.415 e. The van der Waals surface area contributed by atoms with Crippen LogP contribution in [-0.4, -0.2) is 83.3 Å². The molecule has 47 heavy (non-hydrogen) atoms. The number of halogens is 5. The summed E-state index contributed by atoms with van der Waals surface area (Å²) >= 11 is 12.5. The summed E-state index contributed by atoms with van der Waals surface area (Å²) in [4.78, 5) is 24.7. The van der Waals surface area contributed by atoms with E-state index in [0.29, 0.717) is 33.8 Å². The van der Waals surface area contributed by atoms with Crippen molar-refractivity contribution in [3.8, 4) is 5.75 Å². The molecule has 0 bridgehead atoms. The molecule has 2 heterocycles.